The molecule has 3 heteroatoms. The van der Waals surface area contributed by atoms with Crippen molar-refractivity contribution in [2.45, 2.75) is 33.1 Å². The number of allylic oxidation sites excluding steroid dienone is 1. The fourth-order valence-electron chi connectivity index (χ4n) is 3.17. The largest absolute Gasteiger partial charge is 1.00 e. The summed E-state index contributed by atoms with van der Waals surface area (Å²) in [6.45, 7) is 8.01. The van der Waals surface area contributed by atoms with E-state index in [2.05, 4.69) is 6.58 Å². The van der Waals surface area contributed by atoms with Crippen LogP contribution >= 0.6 is 0 Å². The average molecular weight is 202 g/mol. The Labute approximate surface area is 107 Å². The number of hydrogen-bond acceptors (Lipinski definition) is 2. The average Bonchev–Trinajstić information content (AvgIpc) is 2.53. The van der Waals surface area contributed by atoms with Gasteiger partial charge in [-0.05, 0) is 30.6 Å². The first kappa shape index (κ1) is 12.3. The fraction of sp³-hybridized carbons (Fsp3) is 0.727. The molecule has 2 rings (SSSR count). The Kier molecular flexibility index (Phi) is 2.95. The molecule has 2 fully saturated rings. The van der Waals surface area contributed by atoms with Gasteiger partial charge in [0.25, 0.3) is 0 Å². The fourth-order valence-corrected chi connectivity index (χ4v) is 3.17. The van der Waals surface area contributed by atoms with Crippen molar-refractivity contribution in [3.8, 4) is 0 Å². The number of aliphatic carboxylic acids is 1. The standard InChI is InChI=1S/C11H16O2.Na/c1-7-8-4-5-11(6-8,9(12)13)10(7,2)3;/h8H,1,4-6H2,2-3H3,(H,12,13);/q;+1/p-1. The van der Waals surface area contributed by atoms with Crippen LogP contribution in [0.2, 0.25) is 0 Å². The number of carbonyl (C=O) groups is 1. The first-order valence-corrected chi connectivity index (χ1v) is 4.82. The third-order valence-electron chi connectivity index (χ3n) is 4.40. The molecule has 2 saturated carbocycles. The Balaban J connectivity index is 0.000000980. The first-order chi connectivity index (χ1) is 5.92. The van der Waals surface area contributed by atoms with Gasteiger partial charge in [0.2, 0.25) is 0 Å². The van der Waals surface area contributed by atoms with Crippen molar-refractivity contribution in [2.75, 3.05) is 0 Å². The summed E-state index contributed by atoms with van der Waals surface area (Å²) in [5.74, 6) is -0.452. The number of hydrogen-bond donors (Lipinski definition) is 0. The van der Waals surface area contributed by atoms with Crippen molar-refractivity contribution < 1.29 is 39.5 Å². The molecular formula is C11H15NaO2. The zero-order valence-corrected chi connectivity index (χ0v) is 11.2. The molecule has 0 saturated heterocycles. The van der Waals surface area contributed by atoms with Crippen molar-refractivity contribution in [3.05, 3.63) is 12.2 Å². The molecule has 2 aliphatic rings. The van der Waals surface area contributed by atoms with E-state index in [1.54, 1.807) is 0 Å². The number of carbonyl (C=O) groups excluding carboxylic acids is 1. The molecule has 0 aromatic heterocycles. The smallest absolute Gasteiger partial charge is 0.550 e. The third-order valence-corrected chi connectivity index (χ3v) is 4.40. The molecular weight excluding hydrogens is 187 g/mol. The van der Waals surface area contributed by atoms with Crippen molar-refractivity contribution in [3.63, 3.8) is 0 Å². The predicted molar refractivity (Wildman–Crippen MR) is 47.7 cm³/mol. The second-order valence-corrected chi connectivity index (χ2v) is 4.96. The Hall–Kier alpha value is 0.210. The topological polar surface area (TPSA) is 40.1 Å². The van der Waals surface area contributed by atoms with E-state index in [9.17, 15) is 9.90 Å². The molecule has 0 radical (unpaired) electrons. The van der Waals surface area contributed by atoms with E-state index in [4.69, 9.17) is 0 Å². The third kappa shape index (κ3) is 1.17. The second kappa shape index (κ2) is 3.36. The Morgan fingerprint density at radius 2 is 2.14 bits per heavy atom. The summed E-state index contributed by atoms with van der Waals surface area (Å²) < 4.78 is 0. The summed E-state index contributed by atoms with van der Waals surface area (Å²) in [6, 6.07) is 0. The van der Waals surface area contributed by atoms with Crippen LogP contribution in [0.15, 0.2) is 12.2 Å². The van der Waals surface area contributed by atoms with Gasteiger partial charge in [-0.2, -0.15) is 0 Å². The van der Waals surface area contributed by atoms with Crippen LogP contribution in [0.5, 0.6) is 0 Å². The van der Waals surface area contributed by atoms with Crippen LogP contribution in [0.25, 0.3) is 0 Å². The Bertz CT molecular complexity index is 296. The van der Waals surface area contributed by atoms with Crippen LogP contribution in [-0.4, -0.2) is 5.97 Å². The van der Waals surface area contributed by atoms with Crippen LogP contribution in [0.3, 0.4) is 0 Å². The van der Waals surface area contributed by atoms with Gasteiger partial charge in [-0.1, -0.05) is 26.0 Å². The van der Waals surface area contributed by atoms with Gasteiger partial charge in [-0.3, -0.25) is 0 Å². The van der Waals surface area contributed by atoms with E-state index in [0.29, 0.717) is 5.92 Å². The van der Waals surface area contributed by atoms with Crippen LogP contribution in [0.4, 0.5) is 0 Å². The zero-order chi connectivity index (χ0) is 9.85. The summed E-state index contributed by atoms with van der Waals surface area (Å²) in [6.07, 6.45) is 2.50. The van der Waals surface area contributed by atoms with Crippen LogP contribution in [0, 0.1) is 16.7 Å². The molecule has 2 unspecified atom stereocenters. The molecule has 14 heavy (non-hydrogen) atoms. The Morgan fingerprint density at radius 1 is 1.57 bits per heavy atom. The quantitative estimate of drug-likeness (QED) is 0.369. The maximum atomic E-state index is 11.2. The molecule has 72 valence electrons. The van der Waals surface area contributed by atoms with Gasteiger partial charge in [0, 0.05) is 11.4 Å². The molecule has 0 amide bonds. The molecule has 0 N–H and O–H groups in total. The van der Waals surface area contributed by atoms with Gasteiger partial charge in [0.15, 0.2) is 0 Å². The summed E-state index contributed by atoms with van der Waals surface area (Å²) >= 11 is 0. The normalized spacial score (nSPS) is 38.1. The zero-order valence-electron chi connectivity index (χ0n) is 9.22. The van der Waals surface area contributed by atoms with E-state index in [1.807, 2.05) is 13.8 Å². The van der Waals surface area contributed by atoms with Crippen molar-refractivity contribution in [1.29, 1.82) is 0 Å². The van der Waals surface area contributed by atoms with Crippen molar-refractivity contribution in [2.24, 2.45) is 16.7 Å². The van der Waals surface area contributed by atoms with Crippen LogP contribution in [0.1, 0.15) is 33.1 Å². The van der Waals surface area contributed by atoms with Gasteiger partial charge in [0.05, 0.1) is 0 Å². The SMILES string of the molecule is C=C1C2CCC(C(=O)[O-])(C2)C1(C)C.[Na+]. The molecule has 0 aromatic carbocycles. The minimum atomic E-state index is -0.876. The molecule has 2 nitrogen and oxygen atoms in total. The van der Waals surface area contributed by atoms with E-state index in [-0.39, 0.29) is 35.0 Å². The Morgan fingerprint density at radius 3 is 2.43 bits per heavy atom. The van der Waals surface area contributed by atoms with E-state index in [1.165, 1.54) is 0 Å². The van der Waals surface area contributed by atoms with E-state index in [0.717, 1.165) is 24.8 Å². The monoisotopic (exact) mass is 202 g/mol. The molecule has 0 spiro atoms. The molecule has 2 bridgehead atoms. The number of rotatable bonds is 1. The minimum Gasteiger partial charge on any atom is -0.550 e. The maximum Gasteiger partial charge on any atom is 1.00 e. The summed E-state index contributed by atoms with van der Waals surface area (Å²) in [5.41, 5.74) is 0.228. The van der Waals surface area contributed by atoms with Crippen molar-refractivity contribution >= 4 is 5.97 Å². The van der Waals surface area contributed by atoms with Gasteiger partial charge < -0.3 is 9.90 Å². The molecule has 2 aliphatic carbocycles. The second-order valence-electron chi connectivity index (χ2n) is 4.96. The minimum absolute atomic E-state index is 0. The summed E-state index contributed by atoms with van der Waals surface area (Å²) in [4.78, 5) is 11.2. The van der Waals surface area contributed by atoms with Gasteiger partial charge in [-0.25, -0.2) is 0 Å². The number of carboxylic acids is 1. The van der Waals surface area contributed by atoms with Crippen LogP contribution in [-0.2, 0) is 4.79 Å². The number of carboxylic acid groups (broad SMARTS) is 1. The molecule has 0 heterocycles. The maximum absolute atomic E-state index is 11.2. The molecule has 0 aromatic rings. The van der Waals surface area contributed by atoms with Gasteiger partial charge in [-0.15, -0.1) is 0 Å². The first-order valence-electron chi connectivity index (χ1n) is 4.82. The summed E-state index contributed by atoms with van der Waals surface area (Å²) in [5, 5.41) is 11.2. The van der Waals surface area contributed by atoms with Crippen LogP contribution < -0.4 is 34.7 Å². The summed E-state index contributed by atoms with van der Waals surface area (Å²) in [7, 11) is 0. The van der Waals surface area contributed by atoms with Gasteiger partial charge >= 0.3 is 29.6 Å². The van der Waals surface area contributed by atoms with Crippen molar-refractivity contribution in [1.82, 2.24) is 0 Å². The number of fused-ring (bicyclic) bond motifs is 2. The molecule has 0 aliphatic heterocycles. The van der Waals surface area contributed by atoms with E-state index >= 15 is 0 Å². The predicted octanol–water partition coefficient (Wildman–Crippen LogP) is -1.88. The van der Waals surface area contributed by atoms with Gasteiger partial charge in [0.1, 0.15) is 0 Å². The van der Waals surface area contributed by atoms with E-state index < -0.39 is 11.4 Å². The molecule has 2 atom stereocenters.